The highest BCUT2D eigenvalue weighted by Crippen LogP contribution is 2.53. The maximum atomic E-state index is 13.6. The Morgan fingerprint density at radius 2 is 1.89 bits per heavy atom. The number of phenols is 1. The van der Waals surface area contributed by atoms with Gasteiger partial charge in [-0.3, -0.25) is 19.4 Å². The highest BCUT2D eigenvalue weighted by atomic mass is 16.5. The number of hydrogen-bond donors (Lipinski definition) is 5. The number of ketones is 2. The van der Waals surface area contributed by atoms with E-state index in [9.17, 15) is 34.8 Å². The van der Waals surface area contributed by atoms with E-state index in [0.29, 0.717) is 22.4 Å². The molecule has 0 spiro atoms. The number of amides is 1. The average Bonchev–Trinajstić information content (AvgIpc) is 2.81. The van der Waals surface area contributed by atoms with Crippen LogP contribution in [-0.2, 0) is 20.8 Å². The molecule has 1 saturated carbocycles. The average molecular weight is 478 g/mol. The minimum Gasteiger partial charge on any atom is -0.508 e. The number of carbonyl (C=O) groups excluding carboxylic acids is 3. The second-order valence-corrected chi connectivity index (χ2v) is 8.97. The van der Waals surface area contributed by atoms with E-state index < -0.39 is 52.0 Å². The van der Waals surface area contributed by atoms with E-state index in [-0.39, 0.29) is 36.1 Å². The molecule has 180 valence electrons. The van der Waals surface area contributed by atoms with Gasteiger partial charge in [-0.25, -0.2) is 0 Å². The van der Waals surface area contributed by atoms with Crippen molar-refractivity contribution in [3.63, 3.8) is 0 Å². The number of aliphatic hydroxyl groups is 3. The minimum atomic E-state index is -2.59. The van der Waals surface area contributed by atoms with Crippen molar-refractivity contribution in [1.82, 2.24) is 4.98 Å². The largest absolute Gasteiger partial charge is 0.508 e. The van der Waals surface area contributed by atoms with Gasteiger partial charge >= 0.3 is 0 Å². The summed E-state index contributed by atoms with van der Waals surface area (Å²) in [7, 11) is 1.50. The molecule has 3 atom stereocenters. The molecule has 35 heavy (non-hydrogen) atoms. The fraction of sp³-hybridized carbons (Fsp3) is 0.280. The molecule has 3 aliphatic carbocycles. The van der Waals surface area contributed by atoms with E-state index in [2.05, 4.69) is 4.98 Å². The third-order valence-electron chi connectivity index (χ3n) is 7.24. The van der Waals surface area contributed by atoms with Gasteiger partial charge in [0.2, 0.25) is 5.78 Å². The Labute approximate surface area is 199 Å². The number of nitrogens with two attached hydrogens (primary N) is 1. The smallest absolute Gasteiger partial charge is 0.255 e. The Balaban J connectivity index is 1.72. The molecule has 1 aromatic carbocycles. The van der Waals surface area contributed by atoms with E-state index >= 15 is 0 Å². The van der Waals surface area contributed by atoms with Gasteiger partial charge in [0, 0.05) is 35.9 Å². The number of hydrogen-bond acceptors (Lipinski definition) is 9. The number of carbonyl (C=O) groups is 3. The summed E-state index contributed by atoms with van der Waals surface area (Å²) < 4.78 is 5.44. The Kier molecular flexibility index (Phi) is 4.95. The number of benzene rings is 1. The van der Waals surface area contributed by atoms with Crippen LogP contribution in [0.2, 0.25) is 0 Å². The van der Waals surface area contributed by atoms with Crippen LogP contribution < -0.4 is 10.5 Å². The summed E-state index contributed by atoms with van der Waals surface area (Å²) in [4.78, 5) is 41.9. The zero-order valence-corrected chi connectivity index (χ0v) is 18.6. The molecule has 5 rings (SSSR count). The SMILES string of the molecule is COc1ccncc1-c1ccc(O)c2c1C[C@H]1C[C@H]3CC(=O)C(C(N)=O)=C(O)[C@@]3(O)C(=O)C1=C2O. The summed E-state index contributed by atoms with van der Waals surface area (Å²) in [5, 5.41) is 43.7. The van der Waals surface area contributed by atoms with Gasteiger partial charge in [0.1, 0.15) is 28.6 Å². The number of Topliss-reactive ketones (excluding diaryl/α,β-unsaturated/α-hetero) is 2. The minimum absolute atomic E-state index is 0.0144. The lowest BCUT2D eigenvalue weighted by Crippen LogP contribution is -2.58. The molecule has 1 aromatic heterocycles. The number of primary amides is 1. The van der Waals surface area contributed by atoms with E-state index in [1.165, 1.54) is 13.2 Å². The molecule has 10 heteroatoms. The zero-order chi connectivity index (χ0) is 25.2. The number of nitrogens with zero attached hydrogens (tertiary/aromatic N) is 1. The van der Waals surface area contributed by atoms with Gasteiger partial charge in [-0.05, 0) is 42.0 Å². The molecule has 0 radical (unpaired) electrons. The molecular formula is C25H22N2O8. The molecule has 0 unspecified atom stereocenters. The highest BCUT2D eigenvalue weighted by Gasteiger charge is 2.60. The van der Waals surface area contributed by atoms with E-state index in [1.54, 1.807) is 24.5 Å². The summed E-state index contributed by atoms with van der Waals surface area (Å²) in [5.74, 6) is -6.11. The maximum absolute atomic E-state index is 13.6. The number of fused-ring (bicyclic) bond motifs is 3. The number of aliphatic hydroxyl groups excluding tert-OH is 2. The molecule has 2 aromatic rings. The second kappa shape index (κ2) is 7.67. The van der Waals surface area contributed by atoms with Crippen molar-refractivity contribution in [2.75, 3.05) is 7.11 Å². The van der Waals surface area contributed by atoms with Crippen molar-refractivity contribution in [2.45, 2.75) is 24.9 Å². The summed E-state index contributed by atoms with van der Waals surface area (Å²) >= 11 is 0. The molecule has 10 nitrogen and oxygen atoms in total. The lowest BCUT2D eigenvalue weighted by Gasteiger charge is -2.46. The number of rotatable bonds is 3. The van der Waals surface area contributed by atoms with Crippen molar-refractivity contribution in [1.29, 1.82) is 0 Å². The van der Waals surface area contributed by atoms with Gasteiger partial charge in [0.15, 0.2) is 11.4 Å². The number of methoxy groups -OCH3 is 1. The molecule has 0 bridgehead atoms. The first-order chi connectivity index (χ1) is 16.6. The molecule has 0 saturated heterocycles. The molecule has 6 N–H and O–H groups in total. The van der Waals surface area contributed by atoms with Crippen LogP contribution in [0.25, 0.3) is 16.9 Å². The fourth-order valence-electron chi connectivity index (χ4n) is 5.64. The van der Waals surface area contributed by atoms with Gasteiger partial charge in [-0.2, -0.15) is 0 Å². The first-order valence-electron chi connectivity index (χ1n) is 10.9. The van der Waals surface area contributed by atoms with Crippen LogP contribution in [-0.4, -0.2) is 55.6 Å². The van der Waals surface area contributed by atoms with E-state index in [0.717, 1.165) is 0 Å². The van der Waals surface area contributed by atoms with Gasteiger partial charge in [0.25, 0.3) is 5.91 Å². The quantitative estimate of drug-likeness (QED) is 0.408. The van der Waals surface area contributed by atoms with Gasteiger partial charge in [-0.1, -0.05) is 6.07 Å². The predicted octanol–water partition coefficient (Wildman–Crippen LogP) is 1.49. The van der Waals surface area contributed by atoms with Crippen LogP contribution in [0.4, 0.5) is 0 Å². The third kappa shape index (κ3) is 2.99. The van der Waals surface area contributed by atoms with E-state index in [4.69, 9.17) is 10.5 Å². The first kappa shape index (κ1) is 22.6. The zero-order valence-electron chi connectivity index (χ0n) is 18.6. The summed E-state index contributed by atoms with van der Waals surface area (Å²) in [5.41, 5.74) is 3.40. The van der Waals surface area contributed by atoms with Crippen molar-refractivity contribution < 1.29 is 39.5 Å². The third-order valence-corrected chi connectivity index (χ3v) is 7.24. The number of aromatic nitrogens is 1. The molecule has 1 amide bonds. The number of aromatic hydroxyl groups is 1. The molecular weight excluding hydrogens is 456 g/mol. The summed E-state index contributed by atoms with van der Waals surface area (Å²) in [6, 6.07) is 4.69. The van der Waals surface area contributed by atoms with Crippen molar-refractivity contribution in [2.24, 2.45) is 17.6 Å². The molecule has 3 aliphatic rings. The normalized spacial score (nSPS) is 25.7. The van der Waals surface area contributed by atoms with Crippen LogP contribution in [0.5, 0.6) is 11.5 Å². The van der Waals surface area contributed by atoms with Crippen molar-refractivity contribution >= 4 is 23.2 Å². The highest BCUT2D eigenvalue weighted by molar-refractivity contribution is 6.22. The van der Waals surface area contributed by atoms with Crippen LogP contribution in [0.15, 0.2) is 47.5 Å². The Hall–Kier alpha value is -4.18. The Morgan fingerprint density at radius 3 is 2.57 bits per heavy atom. The maximum Gasteiger partial charge on any atom is 0.255 e. The number of ether oxygens (including phenoxy) is 1. The summed E-state index contributed by atoms with van der Waals surface area (Å²) in [6.45, 7) is 0. The molecule has 0 aliphatic heterocycles. The van der Waals surface area contributed by atoms with Gasteiger partial charge < -0.3 is 30.9 Å². The fourth-order valence-corrected chi connectivity index (χ4v) is 5.64. The second-order valence-electron chi connectivity index (χ2n) is 8.97. The van der Waals surface area contributed by atoms with Crippen LogP contribution in [0.3, 0.4) is 0 Å². The van der Waals surface area contributed by atoms with Crippen LogP contribution >= 0.6 is 0 Å². The van der Waals surface area contributed by atoms with Crippen LogP contribution in [0, 0.1) is 11.8 Å². The van der Waals surface area contributed by atoms with Crippen LogP contribution in [0.1, 0.15) is 24.0 Å². The molecule has 1 fully saturated rings. The lowest BCUT2D eigenvalue weighted by molar-refractivity contribution is -0.147. The number of pyridine rings is 1. The summed E-state index contributed by atoms with van der Waals surface area (Å²) in [6.07, 6.45) is 3.02. The Bertz CT molecular complexity index is 1390. The standard InChI is InChI=1S/C25H22N2O8/c1-35-17-4-5-27-9-14(17)12-2-3-15(28)19-13(12)7-10-6-11-8-16(29)20(24(26)33)23(32)25(11,34)22(31)18(10)21(19)30/h2-5,9-11,28,30,32,34H,6-8H2,1H3,(H2,26,33)/t10-,11+,25+/m1/s1. The number of phenolic OH excluding ortho intramolecular Hbond substituents is 1. The van der Waals surface area contributed by atoms with Crippen molar-refractivity contribution in [3.8, 4) is 22.6 Å². The molecule has 1 heterocycles. The van der Waals surface area contributed by atoms with E-state index in [1.807, 2.05) is 0 Å². The topological polar surface area (TPSA) is 180 Å². The predicted molar refractivity (Wildman–Crippen MR) is 121 cm³/mol. The van der Waals surface area contributed by atoms with Gasteiger partial charge in [0.05, 0.1) is 12.7 Å². The Morgan fingerprint density at radius 1 is 1.14 bits per heavy atom. The van der Waals surface area contributed by atoms with Crippen molar-refractivity contribution in [3.05, 3.63) is 58.6 Å². The monoisotopic (exact) mass is 478 g/mol. The van der Waals surface area contributed by atoms with Gasteiger partial charge in [-0.15, -0.1) is 0 Å². The lowest BCUT2D eigenvalue weighted by atomic mass is 9.59. The first-order valence-corrected chi connectivity index (χ1v) is 10.9.